The zero-order chi connectivity index (χ0) is 20.1. The fourth-order valence-corrected chi connectivity index (χ4v) is 3.28. The molecule has 0 radical (unpaired) electrons. The first-order valence-corrected chi connectivity index (χ1v) is 9.92. The summed E-state index contributed by atoms with van der Waals surface area (Å²) in [5.74, 6) is 0.304. The summed E-state index contributed by atoms with van der Waals surface area (Å²) in [4.78, 5) is 26.4. The van der Waals surface area contributed by atoms with E-state index in [9.17, 15) is 9.59 Å². The summed E-state index contributed by atoms with van der Waals surface area (Å²) < 4.78 is 5.78. The SMILES string of the molecule is CCC(C)NC(=O)C1CC(=O)N(c2ccc(OCc3ccccc3Cl)cc2)C1. The number of anilines is 1. The van der Waals surface area contributed by atoms with Gasteiger partial charge in [-0.2, -0.15) is 0 Å². The molecule has 2 amide bonds. The van der Waals surface area contributed by atoms with Gasteiger partial charge in [0.15, 0.2) is 0 Å². The van der Waals surface area contributed by atoms with Crippen molar-refractivity contribution in [2.75, 3.05) is 11.4 Å². The van der Waals surface area contributed by atoms with Crippen LogP contribution in [0, 0.1) is 5.92 Å². The number of nitrogens with one attached hydrogen (secondary N) is 1. The molecule has 0 bridgehead atoms. The second kappa shape index (κ2) is 9.11. The molecule has 1 fully saturated rings. The highest BCUT2D eigenvalue weighted by molar-refractivity contribution is 6.31. The molecule has 2 aromatic carbocycles. The molecule has 28 heavy (non-hydrogen) atoms. The fourth-order valence-electron chi connectivity index (χ4n) is 3.09. The van der Waals surface area contributed by atoms with Crippen LogP contribution in [0.3, 0.4) is 0 Å². The van der Waals surface area contributed by atoms with Crippen molar-refractivity contribution >= 4 is 29.1 Å². The minimum absolute atomic E-state index is 0.0333. The first-order chi connectivity index (χ1) is 13.5. The van der Waals surface area contributed by atoms with Gasteiger partial charge >= 0.3 is 0 Å². The van der Waals surface area contributed by atoms with Gasteiger partial charge in [-0.3, -0.25) is 9.59 Å². The zero-order valence-electron chi connectivity index (χ0n) is 16.2. The van der Waals surface area contributed by atoms with Gasteiger partial charge in [-0.25, -0.2) is 0 Å². The lowest BCUT2D eigenvalue weighted by Gasteiger charge is -2.18. The number of halogens is 1. The van der Waals surface area contributed by atoms with Gasteiger partial charge in [0.05, 0.1) is 5.92 Å². The molecular formula is C22H25ClN2O3. The summed E-state index contributed by atoms with van der Waals surface area (Å²) in [6, 6.07) is 15.0. The number of rotatable bonds is 7. The molecule has 0 saturated carbocycles. The lowest BCUT2D eigenvalue weighted by molar-refractivity contribution is -0.126. The Morgan fingerprint density at radius 1 is 1.25 bits per heavy atom. The van der Waals surface area contributed by atoms with Gasteiger partial charge in [0, 0.05) is 35.3 Å². The molecule has 0 spiro atoms. The molecule has 2 unspecified atom stereocenters. The Morgan fingerprint density at radius 2 is 1.96 bits per heavy atom. The van der Waals surface area contributed by atoms with Crippen LogP contribution in [0.15, 0.2) is 48.5 Å². The fraction of sp³-hybridized carbons (Fsp3) is 0.364. The van der Waals surface area contributed by atoms with E-state index in [2.05, 4.69) is 5.32 Å². The molecule has 1 heterocycles. The number of ether oxygens (including phenoxy) is 1. The third-order valence-corrected chi connectivity index (χ3v) is 5.37. The second-order valence-electron chi connectivity index (χ2n) is 7.10. The van der Waals surface area contributed by atoms with Crippen LogP contribution in [0.4, 0.5) is 5.69 Å². The number of hydrogen-bond acceptors (Lipinski definition) is 3. The van der Waals surface area contributed by atoms with E-state index >= 15 is 0 Å². The Bertz CT molecular complexity index is 838. The van der Waals surface area contributed by atoms with E-state index in [1.807, 2.05) is 62.4 Å². The van der Waals surface area contributed by atoms with Crippen molar-refractivity contribution in [3.8, 4) is 5.75 Å². The largest absolute Gasteiger partial charge is 0.489 e. The maximum absolute atomic E-state index is 12.4. The van der Waals surface area contributed by atoms with E-state index in [4.69, 9.17) is 16.3 Å². The molecule has 1 N–H and O–H groups in total. The minimum Gasteiger partial charge on any atom is -0.489 e. The molecule has 2 aromatic rings. The van der Waals surface area contributed by atoms with Gasteiger partial charge < -0.3 is 15.0 Å². The van der Waals surface area contributed by atoms with Crippen LogP contribution in [0.1, 0.15) is 32.3 Å². The molecule has 148 valence electrons. The second-order valence-corrected chi connectivity index (χ2v) is 7.50. The molecule has 1 saturated heterocycles. The Balaban J connectivity index is 1.59. The van der Waals surface area contributed by atoms with E-state index in [0.29, 0.717) is 23.9 Å². The predicted octanol–water partition coefficient (Wildman–Crippen LogP) is 4.19. The summed E-state index contributed by atoms with van der Waals surface area (Å²) >= 11 is 6.14. The molecular weight excluding hydrogens is 376 g/mol. The lowest BCUT2D eigenvalue weighted by Crippen LogP contribution is -2.38. The normalized spacial score (nSPS) is 17.5. The van der Waals surface area contributed by atoms with E-state index in [1.165, 1.54) is 0 Å². The van der Waals surface area contributed by atoms with Crippen molar-refractivity contribution < 1.29 is 14.3 Å². The monoisotopic (exact) mass is 400 g/mol. The van der Waals surface area contributed by atoms with Crippen molar-refractivity contribution in [1.82, 2.24) is 5.32 Å². The average Bonchev–Trinajstić information content (AvgIpc) is 3.09. The molecule has 3 rings (SSSR count). The van der Waals surface area contributed by atoms with Crippen molar-refractivity contribution in [1.29, 1.82) is 0 Å². The smallest absolute Gasteiger partial charge is 0.227 e. The Kier molecular flexibility index (Phi) is 6.57. The van der Waals surface area contributed by atoms with Gasteiger partial charge in [-0.15, -0.1) is 0 Å². The lowest BCUT2D eigenvalue weighted by atomic mass is 10.1. The number of hydrogen-bond donors (Lipinski definition) is 1. The zero-order valence-corrected chi connectivity index (χ0v) is 16.9. The van der Waals surface area contributed by atoms with E-state index in [-0.39, 0.29) is 30.2 Å². The van der Waals surface area contributed by atoms with E-state index < -0.39 is 0 Å². The molecule has 5 nitrogen and oxygen atoms in total. The molecule has 0 aliphatic carbocycles. The topological polar surface area (TPSA) is 58.6 Å². The van der Waals surface area contributed by atoms with Crippen molar-refractivity contribution in [2.24, 2.45) is 5.92 Å². The van der Waals surface area contributed by atoms with Gasteiger partial charge in [-0.05, 0) is 43.7 Å². The summed E-state index contributed by atoms with van der Waals surface area (Å²) in [5, 5.41) is 3.63. The highest BCUT2D eigenvalue weighted by Gasteiger charge is 2.35. The first kappa shape index (κ1) is 20.2. The third kappa shape index (κ3) is 4.84. The van der Waals surface area contributed by atoms with Crippen LogP contribution < -0.4 is 15.0 Å². The molecule has 6 heteroatoms. The number of carbonyl (C=O) groups excluding carboxylic acids is 2. The highest BCUT2D eigenvalue weighted by Crippen LogP contribution is 2.27. The van der Waals surface area contributed by atoms with Crippen LogP contribution in [-0.4, -0.2) is 24.4 Å². The average molecular weight is 401 g/mol. The van der Waals surface area contributed by atoms with Crippen molar-refractivity contribution in [3.63, 3.8) is 0 Å². The van der Waals surface area contributed by atoms with Crippen LogP contribution in [0.5, 0.6) is 5.75 Å². The number of nitrogens with zero attached hydrogens (tertiary/aromatic N) is 1. The third-order valence-electron chi connectivity index (χ3n) is 5.00. The Labute approximate surface area is 170 Å². The van der Waals surface area contributed by atoms with Crippen molar-refractivity contribution in [2.45, 2.75) is 39.3 Å². The van der Waals surface area contributed by atoms with E-state index in [1.54, 1.807) is 4.90 Å². The summed E-state index contributed by atoms with van der Waals surface area (Å²) in [6.45, 7) is 4.76. The maximum Gasteiger partial charge on any atom is 0.227 e. The molecule has 2 atom stereocenters. The van der Waals surface area contributed by atoms with Gasteiger partial charge in [-0.1, -0.05) is 36.7 Å². The van der Waals surface area contributed by atoms with Gasteiger partial charge in [0.25, 0.3) is 0 Å². The Hall–Kier alpha value is -2.53. The molecule has 1 aliphatic heterocycles. The first-order valence-electron chi connectivity index (χ1n) is 9.55. The minimum atomic E-state index is -0.308. The Morgan fingerprint density at radius 3 is 2.64 bits per heavy atom. The summed E-state index contributed by atoms with van der Waals surface area (Å²) in [5.41, 5.74) is 1.69. The number of benzene rings is 2. The van der Waals surface area contributed by atoms with E-state index in [0.717, 1.165) is 17.7 Å². The summed E-state index contributed by atoms with van der Waals surface area (Å²) in [6.07, 6.45) is 1.11. The van der Waals surface area contributed by atoms with Gasteiger partial charge in [0.2, 0.25) is 11.8 Å². The van der Waals surface area contributed by atoms with Crippen LogP contribution in [-0.2, 0) is 16.2 Å². The van der Waals surface area contributed by atoms with Crippen molar-refractivity contribution in [3.05, 3.63) is 59.1 Å². The number of amides is 2. The van der Waals surface area contributed by atoms with Crippen LogP contribution in [0.2, 0.25) is 5.02 Å². The maximum atomic E-state index is 12.4. The molecule has 1 aliphatic rings. The number of carbonyl (C=O) groups is 2. The summed E-state index contributed by atoms with van der Waals surface area (Å²) in [7, 11) is 0. The quantitative estimate of drug-likeness (QED) is 0.758. The highest BCUT2D eigenvalue weighted by atomic mass is 35.5. The van der Waals surface area contributed by atoms with Gasteiger partial charge in [0.1, 0.15) is 12.4 Å². The molecule has 0 aromatic heterocycles. The van der Waals surface area contributed by atoms with Crippen LogP contribution >= 0.6 is 11.6 Å². The standard InChI is InChI=1S/C22H25ClN2O3/c1-3-15(2)24-22(27)17-12-21(26)25(13-17)18-8-10-19(11-9-18)28-14-16-6-4-5-7-20(16)23/h4-11,15,17H,3,12-14H2,1-2H3,(H,24,27). The predicted molar refractivity (Wildman–Crippen MR) is 111 cm³/mol. The van der Waals surface area contributed by atoms with Crippen LogP contribution in [0.25, 0.3) is 0 Å².